The van der Waals surface area contributed by atoms with E-state index in [0.29, 0.717) is 11.0 Å². The van der Waals surface area contributed by atoms with Gasteiger partial charge in [-0.1, -0.05) is 13.8 Å². The molecule has 2 N–H and O–H groups in total. The number of aliphatic hydroxyl groups is 2. The predicted molar refractivity (Wildman–Crippen MR) is 61.5 cm³/mol. The second-order valence-corrected chi connectivity index (χ2v) is 6.04. The Kier molecular flexibility index (Phi) is 5.28. The average Bonchev–Trinajstić information content (AvgIpc) is 2.12. The van der Waals surface area contributed by atoms with Crippen LogP contribution in [0.5, 0.6) is 0 Å². The molecule has 0 spiro atoms. The van der Waals surface area contributed by atoms with E-state index >= 15 is 0 Å². The summed E-state index contributed by atoms with van der Waals surface area (Å²) in [5.41, 5.74) is 0. The van der Waals surface area contributed by atoms with E-state index in [1.165, 1.54) is 19.3 Å². The molecular formula is C11H22O2S. The SMILES string of the molecule is CC1CC(C)CC(SCC(O)CO)C1. The van der Waals surface area contributed by atoms with Crippen molar-refractivity contribution in [2.75, 3.05) is 12.4 Å². The summed E-state index contributed by atoms with van der Waals surface area (Å²) in [6.07, 6.45) is 3.35. The van der Waals surface area contributed by atoms with Crippen molar-refractivity contribution in [1.82, 2.24) is 0 Å². The Balaban J connectivity index is 2.23. The summed E-state index contributed by atoms with van der Waals surface area (Å²) in [5, 5.41) is 18.6. The first-order valence-corrected chi connectivity index (χ1v) is 6.57. The number of rotatable bonds is 4. The van der Waals surface area contributed by atoms with Gasteiger partial charge >= 0.3 is 0 Å². The van der Waals surface area contributed by atoms with Crippen LogP contribution in [0.2, 0.25) is 0 Å². The van der Waals surface area contributed by atoms with Gasteiger partial charge in [0.25, 0.3) is 0 Å². The standard InChI is InChI=1S/C11H22O2S/c1-8-3-9(2)5-11(4-8)14-7-10(13)6-12/h8-13H,3-7H2,1-2H3. The van der Waals surface area contributed by atoms with Gasteiger partial charge in [-0.05, 0) is 31.1 Å². The van der Waals surface area contributed by atoms with Crippen LogP contribution in [0.1, 0.15) is 33.1 Å². The van der Waals surface area contributed by atoms with Crippen LogP contribution in [0, 0.1) is 11.8 Å². The Morgan fingerprint density at radius 2 is 1.79 bits per heavy atom. The second-order valence-electron chi connectivity index (χ2n) is 4.71. The molecule has 0 heterocycles. The zero-order valence-electron chi connectivity index (χ0n) is 9.15. The van der Waals surface area contributed by atoms with Crippen LogP contribution in [-0.4, -0.2) is 33.9 Å². The van der Waals surface area contributed by atoms with Crippen LogP contribution in [0.25, 0.3) is 0 Å². The summed E-state index contributed by atoms with van der Waals surface area (Å²) < 4.78 is 0. The van der Waals surface area contributed by atoms with Gasteiger partial charge in [-0.2, -0.15) is 11.8 Å². The molecule has 0 aliphatic heterocycles. The third-order valence-corrected chi connectivity index (χ3v) is 4.30. The van der Waals surface area contributed by atoms with Gasteiger partial charge in [0.05, 0.1) is 12.7 Å². The normalized spacial score (nSPS) is 35.6. The Labute approximate surface area is 91.1 Å². The van der Waals surface area contributed by atoms with Crippen molar-refractivity contribution in [3.8, 4) is 0 Å². The molecule has 1 fully saturated rings. The molecule has 1 saturated carbocycles. The highest BCUT2D eigenvalue weighted by Crippen LogP contribution is 2.35. The van der Waals surface area contributed by atoms with Crippen LogP contribution in [0.15, 0.2) is 0 Å². The molecular weight excluding hydrogens is 196 g/mol. The highest BCUT2D eigenvalue weighted by atomic mass is 32.2. The number of hydrogen-bond donors (Lipinski definition) is 2. The smallest absolute Gasteiger partial charge is 0.0861 e. The summed E-state index contributed by atoms with van der Waals surface area (Å²) in [4.78, 5) is 0. The first kappa shape index (κ1) is 12.3. The van der Waals surface area contributed by atoms with Crippen LogP contribution >= 0.6 is 11.8 Å². The minimum absolute atomic E-state index is 0.106. The fourth-order valence-electron chi connectivity index (χ4n) is 2.31. The summed E-state index contributed by atoms with van der Waals surface area (Å²) in [5.74, 6) is 2.32. The molecule has 1 rings (SSSR count). The molecule has 0 radical (unpaired) electrons. The predicted octanol–water partition coefficient (Wildman–Crippen LogP) is 1.90. The summed E-state index contributed by atoms with van der Waals surface area (Å²) in [6.45, 7) is 4.52. The molecule has 0 aromatic carbocycles. The molecule has 84 valence electrons. The molecule has 14 heavy (non-hydrogen) atoms. The van der Waals surface area contributed by atoms with Crippen LogP contribution in [0.3, 0.4) is 0 Å². The Hall–Kier alpha value is 0.270. The van der Waals surface area contributed by atoms with Crippen LogP contribution in [0.4, 0.5) is 0 Å². The van der Waals surface area contributed by atoms with Crippen molar-refractivity contribution < 1.29 is 10.2 Å². The number of aliphatic hydroxyl groups excluding tert-OH is 2. The average molecular weight is 218 g/mol. The fourth-order valence-corrected chi connectivity index (χ4v) is 3.84. The van der Waals surface area contributed by atoms with Gasteiger partial charge < -0.3 is 10.2 Å². The lowest BCUT2D eigenvalue weighted by atomic mass is 9.83. The maximum absolute atomic E-state index is 9.25. The Morgan fingerprint density at radius 1 is 1.21 bits per heavy atom. The highest BCUT2D eigenvalue weighted by Gasteiger charge is 2.24. The van der Waals surface area contributed by atoms with E-state index in [9.17, 15) is 5.11 Å². The maximum Gasteiger partial charge on any atom is 0.0861 e. The first-order chi connectivity index (χ1) is 6.61. The fraction of sp³-hybridized carbons (Fsp3) is 1.00. The highest BCUT2D eigenvalue weighted by molar-refractivity contribution is 7.99. The zero-order valence-corrected chi connectivity index (χ0v) is 9.96. The Bertz CT molecular complexity index is 153. The number of hydrogen-bond acceptors (Lipinski definition) is 3. The summed E-state index contributed by atoms with van der Waals surface area (Å²) >= 11 is 1.83. The quantitative estimate of drug-likeness (QED) is 0.757. The largest absolute Gasteiger partial charge is 0.394 e. The summed E-state index contributed by atoms with van der Waals surface area (Å²) in [7, 11) is 0. The van der Waals surface area contributed by atoms with Crippen molar-refractivity contribution in [2.45, 2.75) is 44.5 Å². The minimum atomic E-state index is -0.535. The van der Waals surface area contributed by atoms with E-state index in [2.05, 4.69) is 13.8 Å². The van der Waals surface area contributed by atoms with Gasteiger partial charge in [0, 0.05) is 11.0 Å². The van der Waals surface area contributed by atoms with Crippen LogP contribution in [-0.2, 0) is 0 Å². The van der Waals surface area contributed by atoms with Crippen molar-refractivity contribution in [1.29, 1.82) is 0 Å². The third kappa shape index (κ3) is 4.20. The third-order valence-electron chi connectivity index (χ3n) is 2.87. The van der Waals surface area contributed by atoms with Gasteiger partial charge in [0.2, 0.25) is 0 Å². The summed E-state index contributed by atoms with van der Waals surface area (Å²) in [6, 6.07) is 0. The van der Waals surface area contributed by atoms with E-state index in [4.69, 9.17) is 5.11 Å². The lowest BCUT2D eigenvalue weighted by Gasteiger charge is -2.31. The molecule has 0 bridgehead atoms. The van der Waals surface area contributed by atoms with Gasteiger partial charge in [0.15, 0.2) is 0 Å². The maximum atomic E-state index is 9.25. The van der Waals surface area contributed by atoms with E-state index in [1.807, 2.05) is 11.8 Å². The van der Waals surface area contributed by atoms with Gasteiger partial charge in [0.1, 0.15) is 0 Å². The molecule has 3 heteroatoms. The van der Waals surface area contributed by atoms with Gasteiger partial charge in [-0.25, -0.2) is 0 Å². The van der Waals surface area contributed by atoms with Crippen molar-refractivity contribution in [3.63, 3.8) is 0 Å². The van der Waals surface area contributed by atoms with Gasteiger partial charge in [-0.3, -0.25) is 0 Å². The van der Waals surface area contributed by atoms with E-state index in [-0.39, 0.29) is 6.61 Å². The molecule has 0 saturated heterocycles. The molecule has 1 aliphatic rings. The van der Waals surface area contributed by atoms with E-state index in [1.54, 1.807) is 0 Å². The monoisotopic (exact) mass is 218 g/mol. The van der Waals surface area contributed by atoms with Crippen molar-refractivity contribution in [3.05, 3.63) is 0 Å². The molecule has 0 aromatic heterocycles. The van der Waals surface area contributed by atoms with E-state index < -0.39 is 6.10 Å². The number of thioether (sulfide) groups is 1. The molecule has 0 aromatic rings. The first-order valence-electron chi connectivity index (χ1n) is 5.52. The lowest BCUT2D eigenvalue weighted by molar-refractivity contribution is 0.113. The molecule has 3 unspecified atom stereocenters. The Morgan fingerprint density at radius 3 is 2.29 bits per heavy atom. The van der Waals surface area contributed by atoms with E-state index in [0.717, 1.165) is 11.8 Å². The lowest BCUT2D eigenvalue weighted by Crippen LogP contribution is -2.24. The molecule has 0 amide bonds. The molecule has 1 aliphatic carbocycles. The van der Waals surface area contributed by atoms with Gasteiger partial charge in [-0.15, -0.1) is 0 Å². The minimum Gasteiger partial charge on any atom is -0.394 e. The molecule has 2 nitrogen and oxygen atoms in total. The van der Waals surface area contributed by atoms with Crippen molar-refractivity contribution in [2.24, 2.45) is 11.8 Å². The second kappa shape index (κ2) is 5.99. The topological polar surface area (TPSA) is 40.5 Å². The van der Waals surface area contributed by atoms with Crippen LogP contribution < -0.4 is 0 Å². The zero-order chi connectivity index (χ0) is 10.6. The molecule has 3 atom stereocenters. The van der Waals surface area contributed by atoms with Crippen molar-refractivity contribution >= 4 is 11.8 Å².